The number of hydrogen-bond acceptors (Lipinski definition) is 4. The van der Waals surface area contributed by atoms with E-state index in [4.69, 9.17) is 0 Å². The maximum Gasteiger partial charge on any atom is 0.276 e. The number of likely N-dealkylation sites (tertiary alicyclic amines) is 1. The average molecular weight is 340 g/mol. The summed E-state index contributed by atoms with van der Waals surface area (Å²) < 4.78 is 0. The number of aromatic amines is 1. The summed E-state index contributed by atoms with van der Waals surface area (Å²) >= 11 is 0. The summed E-state index contributed by atoms with van der Waals surface area (Å²) in [6.45, 7) is 2.41. The molecule has 6 heteroatoms. The van der Waals surface area contributed by atoms with E-state index in [1.807, 2.05) is 12.1 Å². The van der Waals surface area contributed by atoms with Gasteiger partial charge in [0.1, 0.15) is 5.69 Å². The first-order chi connectivity index (χ1) is 12.1. The van der Waals surface area contributed by atoms with Crippen molar-refractivity contribution in [1.29, 1.82) is 0 Å². The molecule has 2 aromatic rings. The number of aromatic nitrogens is 2. The number of nitrogens with zero attached hydrogens (tertiary/aromatic N) is 2. The Morgan fingerprint density at radius 3 is 2.56 bits per heavy atom. The molecule has 1 fully saturated rings. The van der Waals surface area contributed by atoms with Crippen LogP contribution in [0.15, 0.2) is 41.2 Å². The second kappa shape index (κ2) is 8.07. The van der Waals surface area contributed by atoms with Crippen LogP contribution < -0.4 is 10.9 Å². The minimum absolute atomic E-state index is 0.186. The molecule has 3 rings (SSSR count). The van der Waals surface area contributed by atoms with Gasteiger partial charge in [-0.1, -0.05) is 12.1 Å². The highest BCUT2D eigenvalue weighted by molar-refractivity contribution is 6.02. The number of carbonyl (C=O) groups is 1. The van der Waals surface area contributed by atoms with Crippen molar-refractivity contribution in [3.05, 3.63) is 58.0 Å². The van der Waals surface area contributed by atoms with Crippen molar-refractivity contribution < 1.29 is 4.79 Å². The van der Waals surface area contributed by atoms with Gasteiger partial charge in [-0.25, -0.2) is 5.10 Å². The predicted molar refractivity (Wildman–Crippen MR) is 97.8 cm³/mol. The van der Waals surface area contributed by atoms with Crippen molar-refractivity contribution in [3.63, 3.8) is 0 Å². The Morgan fingerprint density at radius 2 is 1.92 bits per heavy atom. The maximum atomic E-state index is 12.1. The van der Waals surface area contributed by atoms with Crippen molar-refractivity contribution in [2.45, 2.75) is 25.7 Å². The summed E-state index contributed by atoms with van der Waals surface area (Å²) in [4.78, 5) is 25.4. The third kappa shape index (κ3) is 5.00. The molecule has 0 atom stereocenters. The van der Waals surface area contributed by atoms with E-state index in [1.165, 1.54) is 50.0 Å². The second-order valence-corrected chi connectivity index (χ2v) is 6.74. The van der Waals surface area contributed by atoms with Crippen LogP contribution in [0.25, 0.3) is 0 Å². The van der Waals surface area contributed by atoms with E-state index in [-0.39, 0.29) is 17.2 Å². The number of nitrogens with one attached hydrogen (secondary N) is 2. The van der Waals surface area contributed by atoms with Crippen LogP contribution in [-0.2, 0) is 6.42 Å². The van der Waals surface area contributed by atoms with Crippen LogP contribution in [0.5, 0.6) is 0 Å². The van der Waals surface area contributed by atoms with Crippen LogP contribution in [0.2, 0.25) is 0 Å². The molecule has 1 saturated heterocycles. The molecule has 1 aliphatic heterocycles. The van der Waals surface area contributed by atoms with Gasteiger partial charge in [-0.3, -0.25) is 9.59 Å². The van der Waals surface area contributed by atoms with Crippen LogP contribution in [0.1, 0.15) is 35.3 Å². The van der Waals surface area contributed by atoms with Gasteiger partial charge in [0, 0.05) is 11.8 Å². The lowest BCUT2D eigenvalue weighted by molar-refractivity contribution is 0.102. The van der Waals surface area contributed by atoms with E-state index < -0.39 is 0 Å². The van der Waals surface area contributed by atoms with Crippen molar-refractivity contribution in [1.82, 2.24) is 15.1 Å². The number of piperidine rings is 1. The van der Waals surface area contributed by atoms with Gasteiger partial charge >= 0.3 is 0 Å². The Morgan fingerprint density at radius 1 is 1.20 bits per heavy atom. The molecule has 6 nitrogen and oxygen atoms in total. The van der Waals surface area contributed by atoms with E-state index >= 15 is 0 Å². The molecule has 1 aromatic carbocycles. The van der Waals surface area contributed by atoms with E-state index in [1.54, 1.807) is 0 Å². The van der Waals surface area contributed by atoms with E-state index in [2.05, 4.69) is 39.6 Å². The molecule has 1 aliphatic rings. The maximum absolute atomic E-state index is 12.1. The van der Waals surface area contributed by atoms with Gasteiger partial charge < -0.3 is 10.2 Å². The first kappa shape index (κ1) is 17.4. The van der Waals surface area contributed by atoms with Crippen LogP contribution in [-0.4, -0.2) is 41.1 Å². The van der Waals surface area contributed by atoms with Gasteiger partial charge in [0.05, 0.1) is 0 Å². The molecule has 0 saturated carbocycles. The Balaban J connectivity index is 1.50. The zero-order valence-corrected chi connectivity index (χ0v) is 14.5. The minimum atomic E-state index is -0.338. The Bertz CT molecular complexity index is 741. The molecule has 0 aliphatic carbocycles. The number of H-pyrrole nitrogens is 1. The number of anilines is 1. The molecule has 0 spiro atoms. The highest BCUT2D eigenvalue weighted by Crippen LogP contribution is 2.22. The molecule has 132 valence electrons. The van der Waals surface area contributed by atoms with E-state index in [0.29, 0.717) is 0 Å². The van der Waals surface area contributed by atoms with Crippen LogP contribution in [0.4, 0.5) is 5.69 Å². The molecule has 2 N–H and O–H groups in total. The number of carbonyl (C=O) groups excluding carboxylic acids is 1. The Kier molecular flexibility index (Phi) is 5.60. The number of benzene rings is 1. The molecule has 25 heavy (non-hydrogen) atoms. The summed E-state index contributed by atoms with van der Waals surface area (Å²) in [5.74, 6) is 0.484. The smallest absolute Gasteiger partial charge is 0.276 e. The highest BCUT2D eigenvalue weighted by Gasteiger charge is 2.16. The summed E-state index contributed by atoms with van der Waals surface area (Å²) in [5, 5.41) is 8.77. The molecular formula is C19H24N4O2. The quantitative estimate of drug-likeness (QED) is 0.875. The van der Waals surface area contributed by atoms with Gasteiger partial charge in [-0.15, -0.1) is 0 Å². The summed E-state index contributed by atoms with van der Waals surface area (Å²) in [6, 6.07) is 10.6. The first-order valence-corrected chi connectivity index (χ1v) is 8.75. The van der Waals surface area contributed by atoms with Crippen molar-refractivity contribution in [3.8, 4) is 0 Å². The fourth-order valence-electron chi connectivity index (χ4n) is 3.14. The van der Waals surface area contributed by atoms with Crippen LogP contribution in [0, 0.1) is 5.92 Å². The van der Waals surface area contributed by atoms with E-state index in [9.17, 15) is 9.59 Å². The fourth-order valence-corrected chi connectivity index (χ4v) is 3.14. The third-order valence-electron chi connectivity index (χ3n) is 4.80. The van der Waals surface area contributed by atoms with Crippen molar-refractivity contribution >= 4 is 11.6 Å². The molecule has 1 amide bonds. The van der Waals surface area contributed by atoms with E-state index in [0.717, 1.165) is 18.0 Å². The molecule has 0 bridgehead atoms. The average Bonchev–Trinajstić information content (AvgIpc) is 2.63. The van der Waals surface area contributed by atoms with Gasteiger partial charge in [0.25, 0.3) is 11.5 Å². The van der Waals surface area contributed by atoms with Crippen LogP contribution >= 0.6 is 0 Å². The number of amides is 1. The molecule has 2 heterocycles. The molecular weight excluding hydrogens is 316 g/mol. The first-order valence-electron chi connectivity index (χ1n) is 8.75. The fraction of sp³-hybridized carbons (Fsp3) is 0.421. The van der Waals surface area contributed by atoms with Gasteiger partial charge in [0.2, 0.25) is 0 Å². The molecule has 0 radical (unpaired) electrons. The number of aryl methyl sites for hydroxylation is 1. The SMILES string of the molecule is CN1CCC(CCc2ccc(NC(=O)c3ccc(=O)[nH]n3)cc2)CC1. The minimum Gasteiger partial charge on any atom is -0.321 e. The van der Waals surface area contributed by atoms with Crippen molar-refractivity contribution in [2.75, 3.05) is 25.5 Å². The Hall–Kier alpha value is -2.47. The third-order valence-corrected chi connectivity index (χ3v) is 4.80. The Labute approximate surface area is 147 Å². The zero-order chi connectivity index (χ0) is 17.6. The number of hydrogen-bond donors (Lipinski definition) is 2. The summed E-state index contributed by atoms with van der Waals surface area (Å²) in [7, 11) is 2.19. The molecule has 1 aromatic heterocycles. The monoisotopic (exact) mass is 340 g/mol. The van der Waals surface area contributed by atoms with Gasteiger partial charge in [0.15, 0.2) is 0 Å². The lowest BCUT2D eigenvalue weighted by Gasteiger charge is -2.28. The lowest BCUT2D eigenvalue weighted by atomic mass is 9.91. The van der Waals surface area contributed by atoms with Crippen LogP contribution in [0.3, 0.4) is 0 Å². The highest BCUT2D eigenvalue weighted by atomic mass is 16.2. The number of rotatable bonds is 5. The normalized spacial score (nSPS) is 15.9. The summed E-state index contributed by atoms with van der Waals surface area (Å²) in [5.41, 5.74) is 1.87. The lowest BCUT2D eigenvalue weighted by Crippen LogP contribution is -2.30. The van der Waals surface area contributed by atoms with Gasteiger partial charge in [-0.2, -0.15) is 5.10 Å². The van der Waals surface area contributed by atoms with Gasteiger partial charge in [-0.05, 0) is 75.5 Å². The second-order valence-electron chi connectivity index (χ2n) is 6.74. The molecule has 0 unspecified atom stereocenters. The topological polar surface area (TPSA) is 78.1 Å². The summed E-state index contributed by atoms with van der Waals surface area (Å²) in [6.07, 6.45) is 4.87. The zero-order valence-electron chi connectivity index (χ0n) is 14.5. The predicted octanol–water partition coefficient (Wildman–Crippen LogP) is 2.30. The van der Waals surface area contributed by atoms with Crippen molar-refractivity contribution in [2.24, 2.45) is 5.92 Å². The standard InChI is InChI=1S/C19H24N4O2/c1-23-12-10-15(11-13-23)3-2-14-4-6-16(7-5-14)20-19(25)17-8-9-18(24)22-21-17/h4-9,15H,2-3,10-13H2,1H3,(H,20,25)(H,22,24). The largest absolute Gasteiger partial charge is 0.321 e.